The van der Waals surface area contributed by atoms with Crippen LogP contribution in [0.1, 0.15) is 27.6 Å². The second kappa shape index (κ2) is 7.27. The van der Waals surface area contributed by atoms with Crippen molar-refractivity contribution < 1.29 is 18.8 Å². The lowest BCUT2D eigenvalue weighted by Gasteiger charge is -2.10. The molecule has 0 amide bonds. The summed E-state index contributed by atoms with van der Waals surface area (Å²) in [5, 5.41) is 12.5. The minimum absolute atomic E-state index is 0.0680. The number of ether oxygens (including phenoxy) is 2. The predicted octanol–water partition coefficient (Wildman–Crippen LogP) is 3.05. The number of hydrogen-bond donors (Lipinski definition) is 0. The summed E-state index contributed by atoms with van der Waals surface area (Å²) in [5.41, 5.74) is 0.756. The van der Waals surface area contributed by atoms with Crippen molar-refractivity contribution in [3.05, 3.63) is 71.4 Å². The number of carbonyl (C=O) groups excluding carboxylic acids is 1. The molecule has 0 radical (unpaired) electrons. The highest BCUT2D eigenvalue weighted by atomic mass is 16.5. The topological polar surface area (TPSA) is 98.2 Å². The molecule has 124 valence electrons. The third kappa shape index (κ3) is 4.00. The Kier molecular flexibility index (Phi) is 4.72. The van der Waals surface area contributed by atoms with Crippen molar-refractivity contribution in [2.24, 2.45) is 0 Å². The van der Waals surface area contributed by atoms with Crippen molar-refractivity contribution in [1.29, 1.82) is 5.26 Å². The quantitative estimate of drug-likeness (QED) is 0.522. The molecule has 0 fully saturated rings. The molecule has 0 spiro atoms. The number of nitriles is 1. The molecule has 0 aliphatic rings. The van der Waals surface area contributed by atoms with Crippen LogP contribution in [0.4, 0.5) is 0 Å². The second-order valence-corrected chi connectivity index (χ2v) is 5.04. The van der Waals surface area contributed by atoms with Crippen molar-refractivity contribution in [3.63, 3.8) is 0 Å². The molecule has 0 bridgehead atoms. The van der Waals surface area contributed by atoms with Crippen LogP contribution in [0, 0.1) is 18.3 Å². The van der Waals surface area contributed by atoms with Crippen LogP contribution >= 0.6 is 0 Å². The Bertz CT molecular complexity index is 926. The number of aryl methyl sites for hydroxylation is 1. The minimum atomic E-state index is -0.565. The molecule has 3 rings (SSSR count). The van der Waals surface area contributed by atoms with Crippen LogP contribution < -0.4 is 9.47 Å². The molecule has 1 aromatic heterocycles. The number of rotatable bonds is 5. The molecule has 0 saturated carbocycles. The van der Waals surface area contributed by atoms with Gasteiger partial charge in [0.05, 0.1) is 11.6 Å². The predicted molar refractivity (Wildman–Crippen MR) is 85.9 cm³/mol. The molecule has 0 unspecified atom stereocenters. The summed E-state index contributed by atoms with van der Waals surface area (Å²) in [6.07, 6.45) is 0. The first-order valence-corrected chi connectivity index (χ1v) is 7.39. The minimum Gasteiger partial charge on any atom is -0.485 e. The van der Waals surface area contributed by atoms with Gasteiger partial charge in [-0.1, -0.05) is 17.3 Å². The molecular formula is C18H13N3O4. The van der Waals surface area contributed by atoms with Gasteiger partial charge in [0.15, 0.2) is 6.61 Å². The third-order valence-electron chi connectivity index (χ3n) is 3.23. The van der Waals surface area contributed by atoms with E-state index in [4.69, 9.17) is 19.3 Å². The van der Waals surface area contributed by atoms with Crippen LogP contribution in [0.3, 0.4) is 0 Å². The Hall–Kier alpha value is -3.66. The van der Waals surface area contributed by atoms with E-state index in [-0.39, 0.29) is 12.2 Å². The van der Waals surface area contributed by atoms with Crippen LogP contribution in [-0.2, 0) is 6.61 Å². The third-order valence-corrected chi connectivity index (χ3v) is 3.23. The van der Waals surface area contributed by atoms with Gasteiger partial charge in [0.1, 0.15) is 17.1 Å². The average molecular weight is 335 g/mol. The molecule has 1 heterocycles. The van der Waals surface area contributed by atoms with E-state index in [1.165, 1.54) is 0 Å². The number of para-hydroxylation sites is 1. The first-order valence-electron chi connectivity index (χ1n) is 7.39. The maximum absolute atomic E-state index is 12.4. The maximum atomic E-state index is 12.4. The van der Waals surface area contributed by atoms with Gasteiger partial charge in [-0.25, -0.2) is 4.79 Å². The fourth-order valence-electron chi connectivity index (χ4n) is 2.06. The maximum Gasteiger partial charge on any atom is 0.347 e. The van der Waals surface area contributed by atoms with Crippen LogP contribution in [0.15, 0.2) is 53.1 Å². The monoisotopic (exact) mass is 335 g/mol. The Labute approximate surface area is 143 Å². The summed E-state index contributed by atoms with van der Waals surface area (Å²) in [5.74, 6) is 0.945. The van der Waals surface area contributed by atoms with Gasteiger partial charge in [-0.2, -0.15) is 10.2 Å². The first kappa shape index (κ1) is 16.2. The van der Waals surface area contributed by atoms with Crippen molar-refractivity contribution in [1.82, 2.24) is 10.1 Å². The zero-order valence-electron chi connectivity index (χ0n) is 13.3. The molecule has 7 nitrogen and oxygen atoms in total. The van der Waals surface area contributed by atoms with Gasteiger partial charge < -0.3 is 14.0 Å². The Morgan fingerprint density at radius 1 is 1.20 bits per heavy atom. The molecule has 3 aromatic rings. The molecule has 0 aliphatic heterocycles. The summed E-state index contributed by atoms with van der Waals surface area (Å²) in [4.78, 5) is 16.4. The van der Waals surface area contributed by atoms with E-state index in [1.807, 2.05) is 6.07 Å². The molecule has 0 aliphatic carbocycles. The van der Waals surface area contributed by atoms with E-state index in [0.717, 1.165) is 0 Å². The van der Waals surface area contributed by atoms with Crippen LogP contribution in [0.25, 0.3) is 0 Å². The number of carbonyl (C=O) groups is 1. The highest BCUT2D eigenvalue weighted by Crippen LogP contribution is 2.22. The molecule has 7 heteroatoms. The van der Waals surface area contributed by atoms with Crippen LogP contribution in [-0.4, -0.2) is 16.1 Å². The van der Waals surface area contributed by atoms with E-state index >= 15 is 0 Å². The van der Waals surface area contributed by atoms with Crippen LogP contribution in [0.5, 0.6) is 11.5 Å². The summed E-state index contributed by atoms with van der Waals surface area (Å²) in [6, 6.07) is 15.0. The SMILES string of the molecule is Cc1nc(COc2ccccc2C(=O)Oc2ccc(C#N)cc2)no1. The van der Waals surface area contributed by atoms with Gasteiger partial charge in [-0.15, -0.1) is 0 Å². The number of esters is 1. The Balaban J connectivity index is 1.72. The highest BCUT2D eigenvalue weighted by molar-refractivity contribution is 5.94. The fraction of sp³-hybridized carbons (Fsp3) is 0.111. The molecule has 0 saturated heterocycles. The average Bonchev–Trinajstić information content (AvgIpc) is 3.06. The summed E-state index contributed by atoms with van der Waals surface area (Å²) >= 11 is 0. The lowest BCUT2D eigenvalue weighted by atomic mass is 10.2. The van der Waals surface area contributed by atoms with Crippen molar-refractivity contribution in [3.8, 4) is 17.6 Å². The molecule has 25 heavy (non-hydrogen) atoms. The molecule has 0 atom stereocenters. The zero-order valence-corrected chi connectivity index (χ0v) is 13.3. The molecular weight excluding hydrogens is 322 g/mol. The van der Waals surface area contributed by atoms with Gasteiger partial charge in [0.2, 0.25) is 11.7 Å². The lowest BCUT2D eigenvalue weighted by molar-refractivity contribution is 0.0729. The van der Waals surface area contributed by atoms with Gasteiger partial charge in [0.25, 0.3) is 0 Å². The van der Waals surface area contributed by atoms with E-state index in [2.05, 4.69) is 10.1 Å². The van der Waals surface area contributed by atoms with E-state index in [0.29, 0.717) is 28.8 Å². The fourth-order valence-corrected chi connectivity index (χ4v) is 2.06. The van der Waals surface area contributed by atoms with E-state index in [9.17, 15) is 4.79 Å². The number of benzene rings is 2. The molecule has 0 N–H and O–H groups in total. The van der Waals surface area contributed by atoms with Gasteiger partial charge in [-0.05, 0) is 36.4 Å². The van der Waals surface area contributed by atoms with Crippen molar-refractivity contribution in [2.75, 3.05) is 0 Å². The Morgan fingerprint density at radius 2 is 1.96 bits per heavy atom. The smallest absolute Gasteiger partial charge is 0.347 e. The van der Waals surface area contributed by atoms with Gasteiger partial charge in [0, 0.05) is 6.92 Å². The van der Waals surface area contributed by atoms with Crippen molar-refractivity contribution in [2.45, 2.75) is 13.5 Å². The zero-order chi connectivity index (χ0) is 17.6. The second-order valence-electron chi connectivity index (χ2n) is 5.04. The summed E-state index contributed by atoms with van der Waals surface area (Å²) in [7, 11) is 0. The Morgan fingerprint density at radius 3 is 2.64 bits per heavy atom. The van der Waals surface area contributed by atoms with Gasteiger partial charge in [-0.3, -0.25) is 0 Å². The molecule has 2 aromatic carbocycles. The number of nitrogens with zero attached hydrogens (tertiary/aromatic N) is 3. The number of hydrogen-bond acceptors (Lipinski definition) is 7. The lowest BCUT2D eigenvalue weighted by Crippen LogP contribution is -2.11. The highest BCUT2D eigenvalue weighted by Gasteiger charge is 2.15. The first-order chi connectivity index (χ1) is 12.2. The standard InChI is InChI=1S/C18H13N3O4/c1-12-20-17(21-25-12)11-23-16-5-3-2-4-15(16)18(22)24-14-8-6-13(10-19)7-9-14/h2-9H,11H2,1H3. The summed E-state index contributed by atoms with van der Waals surface area (Å²) < 4.78 is 15.8. The van der Waals surface area contributed by atoms with Gasteiger partial charge >= 0.3 is 5.97 Å². The normalized spacial score (nSPS) is 10.1. The number of aromatic nitrogens is 2. The van der Waals surface area contributed by atoms with E-state index in [1.54, 1.807) is 55.5 Å². The van der Waals surface area contributed by atoms with Crippen LogP contribution in [0.2, 0.25) is 0 Å². The largest absolute Gasteiger partial charge is 0.485 e. The summed E-state index contributed by atoms with van der Waals surface area (Å²) in [6.45, 7) is 1.75. The van der Waals surface area contributed by atoms with E-state index < -0.39 is 5.97 Å². The van der Waals surface area contributed by atoms with Crippen molar-refractivity contribution >= 4 is 5.97 Å².